The molecule has 0 spiro atoms. The van der Waals surface area contributed by atoms with Crippen molar-refractivity contribution in [3.63, 3.8) is 0 Å². The van der Waals surface area contributed by atoms with Gasteiger partial charge in [0.1, 0.15) is 0 Å². The van der Waals surface area contributed by atoms with Gasteiger partial charge < -0.3 is 4.90 Å². The Balaban J connectivity index is 1.53. The molecule has 0 aliphatic heterocycles. The summed E-state index contributed by atoms with van der Waals surface area (Å²) in [6.07, 6.45) is 14.0. The number of hydrogen-bond acceptors (Lipinski definition) is 3. The fourth-order valence-electron chi connectivity index (χ4n) is 5.61. The van der Waals surface area contributed by atoms with E-state index in [0.717, 1.165) is 6.04 Å². The zero-order valence-electron chi connectivity index (χ0n) is 19.0. The maximum absolute atomic E-state index is 5.20. The molecule has 0 saturated heterocycles. The van der Waals surface area contributed by atoms with Crippen LogP contribution in [0, 0.1) is 5.92 Å². The maximum Gasteiger partial charge on any atom is 0.0675 e. The first-order valence-electron chi connectivity index (χ1n) is 12.3. The smallest absolute Gasteiger partial charge is 0.0675 e. The van der Waals surface area contributed by atoms with Crippen LogP contribution in [0.4, 0.5) is 5.69 Å². The van der Waals surface area contributed by atoms with E-state index in [9.17, 15) is 0 Å². The summed E-state index contributed by atoms with van der Waals surface area (Å²) in [5.41, 5.74) is 1.29. The number of hydrazone groups is 1. The summed E-state index contributed by atoms with van der Waals surface area (Å²) >= 11 is 0. The molecule has 0 atom stereocenters. The van der Waals surface area contributed by atoms with Crippen molar-refractivity contribution >= 4 is 22.7 Å². The molecule has 0 N–H and O–H groups in total. The van der Waals surface area contributed by atoms with E-state index < -0.39 is 0 Å². The second-order valence-electron chi connectivity index (χ2n) is 9.19. The van der Waals surface area contributed by atoms with Crippen LogP contribution in [-0.4, -0.2) is 36.3 Å². The number of rotatable bonds is 7. The fourth-order valence-corrected chi connectivity index (χ4v) is 5.61. The van der Waals surface area contributed by atoms with Gasteiger partial charge in [0.25, 0.3) is 0 Å². The highest BCUT2D eigenvalue weighted by atomic mass is 15.5. The van der Waals surface area contributed by atoms with Crippen LogP contribution in [0.2, 0.25) is 0 Å². The lowest BCUT2D eigenvalue weighted by molar-refractivity contribution is 0.163. The highest BCUT2D eigenvalue weighted by molar-refractivity contribution is 5.94. The molecule has 2 saturated carbocycles. The Labute approximate surface area is 183 Å². The Morgan fingerprint density at radius 2 is 1.50 bits per heavy atom. The first-order valence-corrected chi connectivity index (χ1v) is 12.3. The van der Waals surface area contributed by atoms with Gasteiger partial charge in [-0.25, -0.2) is 0 Å². The number of hydrogen-bond donors (Lipinski definition) is 0. The molecule has 30 heavy (non-hydrogen) atoms. The second kappa shape index (κ2) is 10.4. The van der Waals surface area contributed by atoms with Gasteiger partial charge in [-0.15, -0.1) is 0 Å². The van der Waals surface area contributed by atoms with E-state index in [-0.39, 0.29) is 0 Å². The van der Waals surface area contributed by atoms with E-state index in [4.69, 9.17) is 5.10 Å². The predicted octanol–water partition coefficient (Wildman–Crippen LogP) is 6.87. The van der Waals surface area contributed by atoms with E-state index in [1.54, 1.807) is 0 Å². The average molecular weight is 406 g/mol. The van der Waals surface area contributed by atoms with Gasteiger partial charge in [-0.3, -0.25) is 5.01 Å². The van der Waals surface area contributed by atoms with Crippen molar-refractivity contribution < 1.29 is 0 Å². The molecule has 0 radical (unpaired) electrons. The largest absolute Gasteiger partial charge is 0.301 e. The molecule has 4 rings (SSSR count). The molecule has 0 bridgehead atoms. The van der Waals surface area contributed by atoms with Gasteiger partial charge in [0.05, 0.1) is 11.7 Å². The van der Waals surface area contributed by atoms with Gasteiger partial charge >= 0.3 is 0 Å². The Bertz CT molecular complexity index is 806. The Morgan fingerprint density at radius 1 is 0.800 bits per heavy atom. The third kappa shape index (κ3) is 4.88. The van der Waals surface area contributed by atoms with Gasteiger partial charge in [0, 0.05) is 17.6 Å². The highest BCUT2D eigenvalue weighted by Crippen LogP contribution is 2.33. The molecule has 2 aromatic rings. The molecular weight excluding hydrogens is 366 g/mol. The lowest BCUT2D eigenvalue weighted by Crippen LogP contribution is -2.38. The molecule has 3 heteroatoms. The van der Waals surface area contributed by atoms with Crippen molar-refractivity contribution in [1.29, 1.82) is 0 Å². The fraction of sp³-hybridized carbons (Fsp3) is 0.593. The molecule has 0 heterocycles. The second-order valence-corrected chi connectivity index (χ2v) is 9.19. The number of anilines is 1. The molecule has 0 unspecified atom stereocenters. The van der Waals surface area contributed by atoms with Crippen molar-refractivity contribution in [2.45, 2.75) is 83.7 Å². The molecule has 3 nitrogen and oxygen atoms in total. The van der Waals surface area contributed by atoms with Crippen LogP contribution in [0.15, 0.2) is 47.6 Å². The van der Waals surface area contributed by atoms with Gasteiger partial charge in [-0.1, -0.05) is 69.5 Å². The van der Waals surface area contributed by atoms with E-state index in [1.807, 2.05) is 0 Å². The number of benzene rings is 2. The molecule has 0 aromatic heterocycles. The summed E-state index contributed by atoms with van der Waals surface area (Å²) in [5.74, 6) is 0.623. The third-order valence-electron chi connectivity index (χ3n) is 7.41. The minimum absolute atomic E-state index is 0.535. The summed E-state index contributed by atoms with van der Waals surface area (Å²) in [4.78, 5) is 2.64. The Kier molecular flexibility index (Phi) is 7.43. The van der Waals surface area contributed by atoms with Crippen molar-refractivity contribution in [1.82, 2.24) is 4.90 Å². The summed E-state index contributed by atoms with van der Waals surface area (Å²) < 4.78 is 0. The van der Waals surface area contributed by atoms with Crippen LogP contribution in [0.3, 0.4) is 0 Å². The van der Waals surface area contributed by atoms with Crippen LogP contribution in [0.25, 0.3) is 10.8 Å². The normalized spacial score (nSPS) is 23.4. The minimum Gasteiger partial charge on any atom is -0.301 e. The van der Waals surface area contributed by atoms with Crippen molar-refractivity contribution in [3.05, 3.63) is 42.5 Å². The zero-order valence-corrected chi connectivity index (χ0v) is 19.0. The Morgan fingerprint density at radius 3 is 2.23 bits per heavy atom. The van der Waals surface area contributed by atoms with E-state index in [1.165, 1.54) is 87.3 Å². The van der Waals surface area contributed by atoms with E-state index in [2.05, 4.69) is 72.4 Å². The molecule has 2 fully saturated rings. The number of nitrogens with zero attached hydrogens (tertiary/aromatic N) is 3. The van der Waals surface area contributed by atoms with Gasteiger partial charge in [0.2, 0.25) is 0 Å². The summed E-state index contributed by atoms with van der Waals surface area (Å²) in [6.45, 7) is 6.94. The SMILES string of the molecule is CCN(CC)C1CCC(/C=N/N(c2cccc3ccccc23)C2CCCCC2)CC1. The van der Waals surface area contributed by atoms with Crippen LogP contribution in [0.5, 0.6) is 0 Å². The Hall–Kier alpha value is -1.87. The van der Waals surface area contributed by atoms with Gasteiger partial charge in [-0.2, -0.15) is 5.10 Å². The topological polar surface area (TPSA) is 18.8 Å². The zero-order chi connectivity index (χ0) is 20.8. The quantitative estimate of drug-likeness (QED) is 0.370. The van der Waals surface area contributed by atoms with E-state index >= 15 is 0 Å². The molecule has 2 aliphatic carbocycles. The monoisotopic (exact) mass is 405 g/mol. The standard InChI is InChI=1S/C27H39N3/c1-3-29(4-2)24-19-17-22(18-20-24)21-28-30(25-13-6-5-7-14-25)27-16-10-12-23-11-8-9-15-26(23)27/h8-12,15-16,21-22,24-25H,3-7,13-14,17-20H2,1-2H3/b28-21+. The minimum atomic E-state index is 0.535. The molecule has 2 aromatic carbocycles. The van der Waals surface area contributed by atoms with Gasteiger partial charge in [0.15, 0.2) is 0 Å². The lowest BCUT2D eigenvalue weighted by Gasteiger charge is -2.36. The first-order chi connectivity index (χ1) is 14.8. The molecule has 2 aliphatic rings. The van der Waals surface area contributed by atoms with Gasteiger partial charge in [-0.05, 0) is 69.0 Å². The molecular formula is C27H39N3. The van der Waals surface area contributed by atoms with Crippen molar-refractivity contribution in [2.75, 3.05) is 18.1 Å². The maximum atomic E-state index is 5.20. The first kappa shape index (κ1) is 21.4. The lowest BCUT2D eigenvalue weighted by atomic mass is 9.86. The highest BCUT2D eigenvalue weighted by Gasteiger charge is 2.25. The molecule has 162 valence electrons. The summed E-state index contributed by atoms with van der Waals surface area (Å²) in [7, 11) is 0. The van der Waals surface area contributed by atoms with Crippen LogP contribution in [0.1, 0.15) is 71.6 Å². The van der Waals surface area contributed by atoms with Crippen molar-refractivity contribution in [2.24, 2.45) is 11.0 Å². The average Bonchev–Trinajstić information content (AvgIpc) is 2.82. The predicted molar refractivity (Wildman–Crippen MR) is 130 cm³/mol. The summed E-state index contributed by atoms with van der Waals surface area (Å²) in [6, 6.07) is 16.8. The number of fused-ring (bicyclic) bond motifs is 1. The van der Waals surface area contributed by atoms with Crippen LogP contribution in [-0.2, 0) is 0 Å². The van der Waals surface area contributed by atoms with Crippen LogP contribution < -0.4 is 5.01 Å². The summed E-state index contributed by atoms with van der Waals surface area (Å²) in [5, 5.41) is 10.2. The third-order valence-corrected chi connectivity index (χ3v) is 7.41. The van der Waals surface area contributed by atoms with E-state index in [0.29, 0.717) is 12.0 Å². The molecule has 0 amide bonds. The van der Waals surface area contributed by atoms with Crippen molar-refractivity contribution in [3.8, 4) is 0 Å². The van der Waals surface area contributed by atoms with Crippen LogP contribution >= 0.6 is 0 Å².